The Morgan fingerprint density at radius 3 is 3.13 bits per heavy atom. The van der Waals surface area contributed by atoms with Gasteiger partial charge in [-0.3, -0.25) is 4.79 Å². The zero-order valence-corrected chi connectivity index (χ0v) is 13.0. The first-order chi connectivity index (χ1) is 11.2. The van der Waals surface area contributed by atoms with Gasteiger partial charge >= 0.3 is 0 Å². The maximum atomic E-state index is 12.1. The van der Waals surface area contributed by atoms with E-state index in [1.54, 1.807) is 6.07 Å². The Morgan fingerprint density at radius 2 is 2.30 bits per heavy atom. The fourth-order valence-corrected chi connectivity index (χ4v) is 2.33. The minimum Gasteiger partial charge on any atom is -0.476 e. The number of rotatable bonds is 6. The number of nitrogens with zero attached hydrogens (tertiary/aromatic N) is 2. The highest BCUT2D eigenvalue weighted by atomic mass is 16.5. The molecule has 0 atom stereocenters. The number of aryl methyl sites for hydroxylation is 2. The van der Waals surface area contributed by atoms with E-state index in [4.69, 9.17) is 9.26 Å². The number of imidazole rings is 1. The molecular weight excluding hydrogens is 296 g/mol. The third-order valence-electron chi connectivity index (χ3n) is 3.33. The Morgan fingerprint density at radius 1 is 1.43 bits per heavy atom. The number of anilines is 1. The molecule has 7 heteroatoms. The molecule has 1 amide bonds. The van der Waals surface area contributed by atoms with Crippen molar-refractivity contribution < 1.29 is 14.1 Å². The highest BCUT2D eigenvalue weighted by Crippen LogP contribution is 2.21. The molecule has 0 saturated heterocycles. The summed E-state index contributed by atoms with van der Waals surface area (Å²) in [6.45, 7) is 4.28. The van der Waals surface area contributed by atoms with Crippen molar-refractivity contribution in [1.29, 1.82) is 0 Å². The first-order valence-electron chi connectivity index (χ1n) is 7.49. The van der Waals surface area contributed by atoms with Gasteiger partial charge in [0.15, 0.2) is 0 Å². The summed E-state index contributed by atoms with van der Waals surface area (Å²) in [4.78, 5) is 19.7. The van der Waals surface area contributed by atoms with Crippen LogP contribution in [0.4, 0.5) is 5.69 Å². The molecule has 23 heavy (non-hydrogen) atoms. The Balaban J connectivity index is 1.62. The smallest absolute Gasteiger partial charge is 0.254 e. The van der Waals surface area contributed by atoms with Crippen LogP contribution in [0.1, 0.15) is 24.9 Å². The van der Waals surface area contributed by atoms with Gasteiger partial charge in [0.25, 0.3) is 5.88 Å². The molecular formula is C16H18N4O3. The first kappa shape index (κ1) is 15.1. The highest BCUT2D eigenvalue weighted by Gasteiger charge is 2.11. The van der Waals surface area contributed by atoms with E-state index >= 15 is 0 Å². The highest BCUT2D eigenvalue weighted by molar-refractivity contribution is 5.99. The molecule has 0 spiro atoms. The maximum Gasteiger partial charge on any atom is 0.254 e. The second kappa shape index (κ2) is 6.51. The van der Waals surface area contributed by atoms with Crippen molar-refractivity contribution in [1.82, 2.24) is 15.1 Å². The van der Waals surface area contributed by atoms with Gasteiger partial charge in [-0.2, -0.15) is 0 Å². The number of amides is 1. The van der Waals surface area contributed by atoms with Gasteiger partial charge in [-0.15, -0.1) is 0 Å². The SMILES string of the molecule is CCOc1cc(CCC(=O)Nc2cccc3[nH]c(C)nc23)on1. The van der Waals surface area contributed by atoms with E-state index in [2.05, 4.69) is 20.4 Å². The Hall–Kier alpha value is -2.83. The second-order valence-corrected chi connectivity index (χ2v) is 5.14. The summed E-state index contributed by atoms with van der Waals surface area (Å²) in [5.41, 5.74) is 2.36. The summed E-state index contributed by atoms with van der Waals surface area (Å²) in [7, 11) is 0. The van der Waals surface area contributed by atoms with E-state index in [0.29, 0.717) is 36.8 Å². The largest absolute Gasteiger partial charge is 0.476 e. The summed E-state index contributed by atoms with van der Waals surface area (Å²) in [6, 6.07) is 7.34. The molecule has 2 N–H and O–H groups in total. The van der Waals surface area contributed by atoms with Crippen molar-refractivity contribution in [3.63, 3.8) is 0 Å². The van der Waals surface area contributed by atoms with Gasteiger partial charge in [0.2, 0.25) is 5.91 Å². The van der Waals surface area contributed by atoms with Crippen molar-refractivity contribution in [3.8, 4) is 5.88 Å². The summed E-state index contributed by atoms with van der Waals surface area (Å²) in [6.07, 6.45) is 0.752. The van der Waals surface area contributed by atoms with Crippen LogP contribution in [0, 0.1) is 6.92 Å². The van der Waals surface area contributed by atoms with Gasteiger partial charge in [-0.1, -0.05) is 6.07 Å². The van der Waals surface area contributed by atoms with Gasteiger partial charge in [0, 0.05) is 18.9 Å². The van der Waals surface area contributed by atoms with Crippen LogP contribution in [0.2, 0.25) is 0 Å². The molecule has 3 rings (SSSR count). The third kappa shape index (κ3) is 3.50. The minimum atomic E-state index is -0.104. The summed E-state index contributed by atoms with van der Waals surface area (Å²) < 4.78 is 10.3. The van der Waals surface area contributed by atoms with Gasteiger partial charge in [-0.25, -0.2) is 4.98 Å². The lowest BCUT2D eigenvalue weighted by molar-refractivity contribution is -0.116. The molecule has 2 aromatic heterocycles. The molecule has 7 nitrogen and oxygen atoms in total. The fourth-order valence-electron chi connectivity index (χ4n) is 2.33. The number of ether oxygens (including phenoxy) is 1. The zero-order valence-electron chi connectivity index (χ0n) is 13.0. The minimum absolute atomic E-state index is 0.104. The normalized spacial score (nSPS) is 10.9. The number of carbonyl (C=O) groups excluding carboxylic acids is 1. The standard InChI is InChI=1S/C16H18N4O3/c1-3-22-15-9-11(23-20-15)7-8-14(21)19-13-6-4-5-12-16(13)18-10(2)17-12/h4-6,9H,3,7-8H2,1-2H3,(H,17,18)(H,19,21). The molecule has 0 fully saturated rings. The van der Waals surface area contributed by atoms with E-state index in [0.717, 1.165) is 16.9 Å². The van der Waals surface area contributed by atoms with Gasteiger partial charge in [0.1, 0.15) is 17.1 Å². The number of hydrogen-bond donors (Lipinski definition) is 2. The lowest BCUT2D eigenvalue weighted by Gasteiger charge is -2.04. The van der Waals surface area contributed by atoms with Crippen LogP contribution in [0.5, 0.6) is 5.88 Å². The lowest BCUT2D eigenvalue weighted by Crippen LogP contribution is -2.12. The molecule has 0 aliphatic carbocycles. The number of fused-ring (bicyclic) bond motifs is 1. The number of aromatic amines is 1. The summed E-state index contributed by atoms with van der Waals surface area (Å²) in [5.74, 6) is 1.77. The van der Waals surface area contributed by atoms with Crippen LogP contribution in [-0.4, -0.2) is 27.6 Å². The molecule has 0 aliphatic rings. The molecule has 0 aliphatic heterocycles. The molecule has 120 valence electrons. The molecule has 0 saturated carbocycles. The molecule has 0 bridgehead atoms. The second-order valence-electron chi connectivity index (χ2n) is 5.14. The van der Waals surface area contributed by atoms with E-state index in [9.17, 15) is 4.79 Å². The van der Waals surface area contributed by atoms with Crippen molar-refractivity contribution in [2.45, 2.75) is 26.7 Å². The fraction of sp³-hybridized carbons (Fsp3) is 0.312. The van der Waals surface area contributed by atoms with Crippen molar-refractivity contribution in [2.24, 2.45) is 0 Å². The Bertz CT molecular complexity index is 822. The zero-order chi connectivity index (χ0) is 16.2. The van der Waals surface area contributed by atoms with E-state index < -0.39 is 0 Å². The van der Waals surface area contributed by atoms with E-state index in [1.807, 2.05) is 32.0 Å². The summed E-state index contributed by atoms with van der Waals surface area (Å²) >= 11 is 0. The lowest BCUT2D eigenvalue weighted by atomic mass is 10.2. The van der Waals surface area contributed by atoms with Gasteiger partial charge in [-0.05, 0) is 31.1 Å². The van der Waals surface area contributed by atoms with Gasteiger partial charge < -0.3 is 19.6 Å². The van der Waals surface area contributed by atoms with E-state index in [-0.39, 0.29) is 5.91 Å². The van der Waals surface area contributed by atoms with Crippen LogP contribution in [0.25, 0.3) is 11.0 Å². The predicted molar refractivity (Wildman–Crippen MR) is 85.5 cm³/mol. The molecule has 1 aromatic carbocycles. The molecule has 2 heterocycles. The maximum absolute atomic E-state index is 12.1. The molecule has 0 unspecified atom stereocenters. The average Bonchev–Trinajstić information content (AvgIpc) is 3.12. The van der Waals surface area contributed by atoms with Crippen LogP contribution < -0.4 is 10.1 Å². The quantitative estimate of drug-likeness (QED) is 0.729. The monoisotopic (exact) mass is 314 g/mol. The molecule has 0 radical (unpaired) electrons. The number of nitrogens with one attached hydrogen (secondary N) is 2. The predicted octanol–water partition coefficient (Wildman–Crippen LogP) is 2.83. The number of carbonyl (C=O) groups is 1. The van der Waals surface area contributed by atoms with Gasteiger partial charge in [0.05, 0.1) is 17.8 Å². The molecule has 3 aromatic rings. The van der Waals surface area contributed by atoms with Crippen LogP contribution in [-0.2, 0) is 11.2 Å². The first-order valence-corrected chi connectivity index (χ1v) is 7.49. The van der Waals surface area contributed by atoms with Crippen LogP contribution in [0.3, 0.4) is 0 Å². The Kier molecular flexibility index (Phi) is 4.27. The topological polar surface area (TPSA) is 93.0 Å². The van der Waals surface area contributed by atoms with Crippen molar-refractivity contribution in [3.05, 3.63) is 35.9 Å². The number of H-pyrrole nitrogens is 1. The van der Waals surface area contributed by atoms with E-state index in [1.165, 1.54) is 0 Å². The average molecular weight is 314 g/mol. The number of hydrogen-bond acceptors (Lipinski definition) is 5. The third-order valence-corrected chi connectivity index (χ3v) is 3.33. The summed E-state index contributed by atoms with van der Waals surface area (Å²) in [5, 5.41) is 6.65. The van der Waals surface area contributed by atoms with Crippen molar-refractivity contribution in [2.75, 3.05) is 11.9 Å². The number of para-hydroxylation sites is 1. The number of aromatic nitrogens is 3. The Labute approximate surface area is 133 Å². The van der Waals surface area contributed by atoms with Crippen molar-refractivity contribution >= 4 is 22.6 Å². The van der Waals surface area contributed by atoms with Crippen LogP contribution >= 0.6 is 0 Å². The van der Waals surface area contributed by atoms with Crippen LogP contribution in [0.15, 0.2) is 28.8 Å². The number of benzene rings is 1.